The average Bonchev–Trinajstić information content (AvgIpc) is 2.85. The summed E-state index contributed by atoms with van der Waals surface area (Å²) in [6.07, 6.45) is 0. The fourth-order valence-electron chi connectivity index (χ4n) is 2.65. The van der Waals surface area contributed by atoms with Crippen LogP contribution in [0.5, 0.6) is 0 Å². The molecule has 0 spiro atoms. The summed E-state index contributed by atoms with van der Waals surface area (Å²) in [5.74, 6) is -2.23. The number of hydrogen-bond acceptors (Lipinski definition) is 3. The fourth-order valence-corrected chi connectivity index (χ4v) is 2.65. The third-order valence-electron chi connectivity index (χ3n) is 3.72. The summed E-state index contributed by atoms with van der Waals surface area (Å²) >= 11 is 0. The third kappa shape index (κ3) is 3.13. The molecule has 0 aromatic heterocycles. The minimum Gasteiger partial charge on any atom is -0.396 e. The highest BCUT2D eigenvalue weighted by atomic mass is 19.2. The second-order valence-electron chi connectivity index (χ2n) is 5.11. The molecular weight excluding hydrogens is 266 g/mol. The highest BCUT2D eigenvalue weighted by Gasteiger charge is 2.36. The number of nitrogens with zero attached hydrogens (tertiary/aromatic N) is 1. The first-order chi connectivity index (χ1) is 9.55. The summed E-state index contributed by atoms with van der Waals surface area (Å²) in [5.41, 5.74) is 0.651. The molecule has 2 rings (SSSR count). The highest BCUT2D eigenvalue weighted by molar-refractivity contribution is 5.79. The number of carbonyl (C=O) groups is 1. The molecule has 1 saturated heterocycles. The van der Waals surface area contributed by atoms with Crippen molar-refractivity contribution in [3.63, 3.8) is 0 Å². The number of aliphatic hydroxyl groups excluding tert-OH is 1. The van der Waals surface area contributed by atoms with Crippen LogP contribution in [0.2, 0.25) is 0 Å². The molecule has 110 valence electrons. The number of nitrogens with one attached hydrogen (secondary N) is 1. The van der Waals surface area contributed by atoms with Gasteiger partial charge in [-0.2, -0.15) is 0 Å². The predicted molar refractivity (Wildman–Crippen MR) is 69.8 cm³/mol. The van der Waals surface area contributed by atoms with Gasteiger partial charge in [-0.25, -0.2) is 8.78 Å². The molecule has 1 aliphatic rings. The van der Waals surface area contributed by atoms with Crippen molar-refractivity contribution < 1.29 is 18.7 Å². The average molecular weight is 284 g/mol. The van der Waals surface area contributed by atoms with Crippen molar-refractivity contribution in [1.29, 1.82) is 0 Å². The van der Waals surface area contributed by atoms with Crippen LogP contribution < -0.4 is 5.32 Å². The van der Waals surface area contributed by atoms with Crippen LogP contribution in [0.15, 0.2) is 18.2 Å². The minimum atomic E-state index is -0.872. The molecule has 2 atom stereocenters. The van der Waals surface area contributed by atoms with Gasteiger partial charge >= 0.3 is 0 Å². The van der Waals surface area contributed by atoms with Gasteiger partial charge in [-0.3, -0.25) is 9.69 Å². The third-order valence-corrected chi connectivity index (χ3v) is 3.72. The molecule has 1 fully saturated rings. The summed E-state index contributed by atoms with van der Waals surface area (Å²) in [6, 6.07) is 3.79. The van der Waals surface area contributed by atoms with E-state index < -0.39 is 11.6 Å². The van der Waals surface area contributed by atoms with Gasteiger partial charge in [0.1, 0.15) is 0 Å². The van der Waals surface area contributed by atoms with E-state index in [1.165, 1.54) is 6.07 Å². The lowest BCUT2D eigenvalue weighted by Gasteiger charge is -2.15. The molecule has 6 heteroatoms. The first-order valence-electron chi connectivity index (χ1n) is 6.54. The Morgan fingerprint density at radius 2 is 2.15 bits per heavy atom. The van der Waals surface area contributed by atoms with Gasteiger partial charge in [0.25, 0.3) is 0 Å². The van der Waals surface area contributed by atoms with Crippen LogP contribution in [0.25, 0.3) is 0 Å². The molecule has 0 unspecified atom stereocenters. The molecule has 2 N–H and O–H groups in total. The summed E-state index contributed by atoms with van der Waals surface area (Å²) in [5, 5.41) is 11.9. The number of carbonyl (C=O) groups excluding carboxylic acids is 1. The van der Waals surface area contributed by atoms with Gasteiger partial charge in [0.05, 0.1) is 5.92 Å². The zero-order chi connectivity index (χ0) is 14.7. The number of rotatable bonds is 4. The lowest BCUT2D eigenvalue weighted by atomic mass is 9.96. The molecule has 1 heterocycles. The van der Waals surface area contributed by atoms with Crippen LogP contribution in [0, 0.1) is 23.5 Å². The van der Waals surface area contributed by atoms with E-state index in [4.69, 9.17) is 0 Å². The molecule has 1 aliphatic heterocycles. The quantitative estimate of drug-likeness (QED) is 0.858. The van der Waals surface area contributed by atoms with Crippen molar-refractivity contribution >= 4 is 5.91 Å². The van der Waals surface area contributed by atoms with E-state index in [0.29, 0.717) is 25.2 Å². The zero-order valence-corrected chi connectivity index (χ0v) is 11.3. The van der Waals surface area contributed by atoms with Crippen LogP contribution in [0.1, 0.15) is 5.56 Å². The van der Waals surface area contributed by atoms with E-state index in [-0.39, 0.29) is 24.3 Å². The van der Waals surface area contributed by atoms with Crippen molar-refractivity contribution in [3.8, 4) is 0 Å². The van der Waals surface area contributed by atoms with Gasteiger partial charge in [0.2, 0.25) is 5.91 Å². The molecule has 1 aromatic carbocycles. The van der Waals surface area contributed by atoms with E-state index >= 15 is 0 Å². The van der Waals surface area contributed by atoms with Crippen LogP contribution in [0.4, 0.5) is 8.78 Å². The van der Waals surface area contributed by atoms with Crippen molar-refractivity contribution in [2.45, 2.75) is 6.54 Å². The molecular formula is C14H18F2N2O2. The van der Waals surface area contributed by atoms with Crippen molar-refractivity contribution in [2.24, 2.45) is 11.8 Å². The van der Waals surface area contributed by atoms with Gasteiger partial charge in [-0.05, 0) is 17.7 Å². The Hall–Kier alpha value is -1.53. The maximum absolute atomic E-state index is 13.2. The van der Waals surface area contributed by atoms with Crippen molar-refractivity contribution in [3.05, 3.63) is 35.4 Å². The van der Waals surface area contributed by atoms with E-state index in [1.807, 2.05) is 4.90 Å². The van der Waals surface area contributed by atoms with E-state index in [0.717, 1.165) is 12.1 Å². The summed E-state index contributed by atoms with van der Waals surface area (Å²) in [7, 11) is 1.56. The fraction of sp³-hybridized carbons (Fsp3) is 0.500. The first-order valence-corrected chi connectivity index (χ1v) is 6.54. The standard InChI is InChI=1S/C14H18F2N2O2/c1-17-14(20)11-7-18(6-10(11)8-19)5-9-2-3-12(15)13(16)4-9/h2-4,10-11,19H,5-8H2,1H3,(H,17,20)/t10-,11+/m0/s1. The second kappa shape index (κ2) is 6.28. The summed E-state index contributed by atoms with van der Waals surface area (Å²) in [4.78, 5) is 13.7. The Bertz CT molecular complexity index is 496. The minimum absolute atomic E-state index is 0.0631. The van der Waals surface area contributed by atoms with Gasteiger partial charge in [0, 0.05) is 39.2 Å². The normalized spacial score (nSPS) is 23.0. The van der Waals surface area contributed by atoms with Crippen molar-refractivity contribution in [1.82, 2.24) is 10.2 Å². The number of benzene rings is 1. The maximum atomic E-state index is 13.2. The van der Waals surface area contributed by atoms with Crippen LogP contribution in [-0.2, 0) is 11.3 Å². The number of halogens is 2. The number of amides is 1. The van der Waals surface area contributed by atoms with Gasteiger partial charge in [-0.15, -0.1) is 0 Å². The highest BCUT2D eigenvalue weighted by Crippen LogP contribution is 2.25. The number of hydrogen-bond donors (Lipinski definition) is 2. The van der Waals surface area contributed by atoms with Crippen LogP contribution in [0.3, 0.4) is 0 Å². The lowest BCUT2D eigenvalue weighted by molar-refractivity contribution is -0.125. The molecule has 0 aliphatic carbocycles. The van der Waals surface area contributed by atoms with E-state index in [1.54, 1.807) is 7.05 Å². The molecule has 0 bridgehead atoms. The van der Waals surface area contributed by atoms with E-state index in [2.05, 4.69) is 5.32 Å². The molecule has 0 saturated carbocycles. The van der Waals surface area contributed by atoms with E-state index in [9.17, 15) is 18.7 Å². The van der Waals surface area contributed by atoms with Gasteiger partial charge in [0.15, 0.2) is 11.6 Å². The maximum Gasteiger partial charge on any atom is 0.224 e. The Morgan fingerprint density at radius 1 is 1.40 bits per heavy atom. The Labute approximate surface area is 116 Å². The summed E-state index contributed by atoms with van der Waals surface area (Å²) < 4.78 is 26.0. The van der Waals surface area contributed by atoms with Crippen LogP contribution in [-0.4, -0.2) is 42.7 Å². The molecule has 0 radical (unpaired) electrons. The molecule has 4 nitrogen and oxygen atoms in total. The van der Waals surface area contributed by atoms with Crippen LogP contribution >= 0.6 is 0 Å². The number of likely N-dealkylation sites (tertiary alicyclic amines) is 1. The Balaban J connectivity index is 2.04. The second-order valence-corrected chi connectivity index (χ2v) is 5.11. The number of aliphatic hydroxyl groups is 1. The Kier molecular flexibility index (Phi) is 4.67. The summed E-state index contributed by atoms with van der Waals surface area (Å²) in [6.45, 7) is 1.44. The van der Waals surface area contributed by atoms with Gasteiger partial charge in [-0.1, -0.05) is 6.07 Å². The van der Waals surface area contributed by atoms with Crippen molar-refractivity contribution in [2.75, 3.05) is 26.7 Å². The molecule has 1 amide bonds. The lowest BCUT2D eigenvalue weighted by Crippen LogP contribution is -2.33. The first kappa shape index (κ1) is 14.9. The topological polar surface area (TPSA) is 52.6 Å². The molecule has 1 aromatic rings. The molecule has 20 heavy (non-hydrogen) atoms. The van der Waals surface area contributed by atoms with Gasteiger partial charge < -0.3 is 10.4 Å². The SMILES string of the molecule is CNC(=O)[C@@H]1CN(Cc2ccc(F)c(F)c2)C[C@H]1CO. The smallest absolute Gasteiger partial charge is 0.224 e. The predicted octanol–water partition coefficient (Wildman–Crippen LogP) is 0.751. The Morgan fingerprint density at radius 3 is 2.75 bits per heavy atom. The monoisotopic (exact) mass is 284 g/mol. The zero-order valence-electron chi connectivity index (χ0n) is 11.3. The largest absolute Gasteiger partial charge is 0.396 e.